The lowest BCUT2D eigenvalue weighted by Gasteiger charge is -2.29. The number of hydrogen-bond donors (Lipinski definition) is 2. The molecule has 2 aliphatic rings. The number of carbonyl (C=O) groups excluding carboxylic acids is 1. The highest BCUT2D eigenvalue weighted by Crippen LogP contribution is 2.36. The van der Waals surface area contributed by atoms with Crippen molar-refractivity contribution in [3.05, 3.63) is 23.8 Å². The third-order valence-corrected chi connectivity index (χ3v) is 5.12. The average molecular weight is 355 g/mol. The van der Waals surface area contributed by atoms with Crippen LogP contribution in [0.25, 0.3) is 0 Å². The van der Waals surface area contributed by atoms with Crippen molar-refractivity contribution in [2.45, 2.75) is 50.4 Å². The standard InChI is InChI=1S/C18H24F3N3O/c1-24(2)16-6-3-12(18(19,20)21)10-15(16)23-17(25)9-11-7-13-4-5-14(8-11)22-13/h3,6,10-11,13-14,22H,4-5,7-9H2,1-2H3,(H,23,25). The van der Waals surface area contributed by atoms with Crippen molar-refractivity contribution >= 4 is 17.3 Å². The number of benzene rings is 1. The van der Waals surface area contributed by atoms with Gasteiger partial charge in [-0.3, -0.25) is 4.79 Å². The molecule has 2 bridgehead atoms. The second-order valence-electron chi connectivity index (χ2n) is 7.35. The van der Waals surface area contributed by atoms with Gasteiger partial charge in [0.25, 0.3) is 0 Å². The van der Waals surface area contributed by atoms with Crippen molar-refractivity contribution in [3.8, 4) is 0 Å². The van der Waals surface area contributed by atoms with Crippen molar-refractivity contribution in [3.63, 3.8) is 0 Å². The molecular formula is C18H24F3N3O. The Balaban J connectivity index is 1.71. The number of piperidine rings is 1. The molecule has 2 N–H and O–H groups in total. The van der Waals surface area contributed by atoms with Gasteiger partial charge < -0.3 is 15.5 Å². The zero-order chi connectivity index (χ0) is 18.2. The smallest absolute Gasteiger partial charge is 0.376 e. The second-order valence-corrected chi connectivity index (χ2v) is 7.35. The van der Waals surface area contributed by atoms with Gasteiger partial charge in [-0.15, -0.1) is 0 Å². The summed E-state index contributed by atoms with van der Waals surface area (Å²) in [4.78, 5) is 14.1. The molecule has 1 amide bonds. The van der Waals surface area contributed by atoms with E-state index < -0.39 is 11.7 Å². The maximum Gasteiger partial charge on any atom is 0.416 e. The number of amides is 1. The molecule has 2 fully saturated rings. The maximum absolute atomic E-state index is 13.0. The highest BCUT2D eigenvalue weighted by molar-refractivity contribution is 5.94. The van der Waals surface area contributed by atoms with Crippen LogP contribution >= 0.6 is 0 Å². The molecule has 2 saturated heterocycles. The molecule has 1 aromatic rings. The summed E-state index contributed by atoms with van der Waals surface area (Å²) in [7, 11) is 3.48. The first-order chi connectivity index (χ1) is 11.7. The van der Waals surface area contributed by atoms with Crippen LogP contribution in [-0.2, 0) is 11.0 Å². The minimum atomic E-state index is -4.43. The van der Waals surface area contributed by atoms with Crippen LogP contribution in [0, 0.1) is 5.92 Å². The molecule has 138 valence electrons. The Morgan fingerprint density at radius 3 is 2.44 bits per heavy atom. The third-order valence-electron chi connectivity index (χ3n) is 5.12. The van der Waals surface area contributed by atoms with Crippen molar-refractivity contribution in [1.82, 2.24) is 5.32 Å². The highest BCUT2D eigenvalue weighted by atomic mass is 19.4. The summed E-state index contributed by atoms with van der Waals surface area (Å²) in [5, 5.41) is 6.23. The first kappa shape index (κ1) is 18.0. The lowest BCUT2D eigenvalue weighted by atomic mass is 9.89. The molecule has 0 spiro atoms. The molecule has 2 heterocycles. The van der Waals surface area contributed by atoms with Crippen molar-refractivity contribution in [2.75, 3.05) is 24.3 Å². The zero-order valence-electron chi connectivity index (χ0n) is 14.5. The van der Waals surface area contributed by atoms with Crippen molar-refractivity contribution in [2.24, 2.45) is 5.92 Å². The van der Waals surface area contributed by atoms with Crippen LogP contribution in [0.2, 0.25) is 0 Å². The minimum Gasteiger partial charge on any atom is -0.376 e. The third kappa shape index (κ3) is 4.26. The van der Waals surface area contributed by atoms with Gasteiger partial charge in [-0.2, -0.15) is 13.2 Å². The van der Waals surface area contributed by atoms with Gasteiger partial charge in [0.2, 0.25) is 5.91 Å². The fourth-order valence-corrected chi connectivity index (χ4v) is 4.01. The van der Waals surface area contributed by atoms with Crippen LogP contribution in [0.15, 0.2) is 18.2 Å². The molecule has 0 saturated carbocycles. The summed E-state index contributed by atoms with van der Waals surface area (Å²) in [5.74, 6) is 0.0843. The number of rotatable bonds is 4. The van der Waals surface area contributed by atoms with Crippen LogP contribution in [0.3, 0.4) is 0 Å². The van der Waals surface area contributed by atoms with Gasteiger partial charge in [-0.1, -0.05) is 0 Å². The predicted octanol–water partition coefficient (Wildman–Crippen LogP) is 3.63. The van der Waals surface area contributed by atoms with Crippen molar-refractivity contribution < 1.29 is 18.0 Å². The number of fused-ring (bicyclic) bond motifs is 2. The molecule has 2 unspecified atom stereocenters. The summed E-state index contributed by atoms with van der Waals surface area (Å²) >= 11 is 0. The summed E-state index contributed by atoms with van der Waals surface area (Å²) < 4.78 is 38.9. The second kappa shape index (κ2) is 6.86. The molecule has 0 radical (unpaired) electrons. The Hall–Kier alpha value is -1.76. The van der Waals surface area contributed by atoms with E-state index in [1.54, 1.807) is 19.0 Å². The Labute approximate surface area is 145 Å². The summed E-state index contributed by atoms with van der Waals surface area (Å²) in [6.45, 7) is 0. The lowest BCUT2D eigenvalue weighted by molar-refractivity contribution is -0.137. The fourth-order valence-electron chi connectivity index (χ4n) is 4.01. The SMILES string of the molecule is CN(C)c1ccc(C(F)(F)F)cc1NC(=O)CC1CC2CCC(C1)N2. The summed E-state index contributed by atoms with van der Waals surface area (Å²) in [5.41, 5.74) is 0.0155. The van der Waals surface area contributed by atoms with Gasteiger partial charge in [0, 0.05) is 32.6 Å². The van der Waals surface area contributed by atoms with E-state index >= 15 is 0 Å². The van der Waals surface area contributed by atoms with E-state index in [4.69, 9.17) is 0 Å². The van der Waals surface area contributed by atoms with E-state index in [2.05, 4.69) is 10.6 Å². The largest absolute Gasteiger partial charge is 0.416 e. The molecule has 2 atom stereocenters. The van der Waals surface area contributed by atoms with Gasteiger partial charge in [-0.25, -0.2) is 0 Å². The van der Waals surface area contributed by atoms with Gasteiger partial charge in [-0.05, 0) is 49.8 Å². The predicted molar refractivity (Wildman–Crippen MR) is 91.7 cm³/mol. The number of anilines is 2. The topological polar surface area (TPSA) is 44.4 Å². The van der Waals surface area contributed by atoms with Crippen LogP contribution in [-0.4, -0.2) is 32.1 Å². The van der Waals surface area contributed by atoms with Crippen LogP contribution in [0.5, 0.6) is 0 Å². The van der Waals surface area contributed by atoms with Gasteiger partial charge in [0.05, 0.1) is 16.9 Å². The lowest BCUT2D eigenvalue weighted by Crippen LogP contribution is -2.39. The number of nitrogens with one attached hydrogen (secondary N) is 2. The van der Waals surface area contributed by atoms with Crippen LogP contribution in [0.1, 0.15) is 37.7 Å². The summed E-state index contributed by atoms with van der Waals surface area (Å²) in [6.07, 6.45) is 0.166. The van der Waals surface area contributed by atoms with Crippen molar-refractivity contribution in [1.29, 1.82) is 0 Å². The molecule has 0 aliphatic carbocycles. The first-order valence-corrected chi connectivity index (χ1v) is 8.67. The number of alkyl halides is 3. The molecule has 25 heavy (non-hydrogen) atoms. The van der Waals surface area contributed by atoms with E-state index in [9.17, 15) is 18.0 Å². The van der Waals surface area contributed by atoms with Crippen LogP contribution < -0.4 is 15.5 Å². The minimum absolute atomic E-state index is 0.210. The fraction of sp³-hybridized carbons (Fsp3) is 0.611. The summed E-state index contributed by atoms with van der Waals surface area (Å²) in [6, 6.07) is 4.42. The Morgan fingerprint density at radius 1 is 1.24 bits per heavy atom. The molecule has 1 aromatic carbocycles. The number of carbonyl (C=O) groups is 1. The first-order valence-electron chi connectivity index (χ1n) is 8.67. The van der Waals surface area contributed by atoms with E-state index in [1.807, 2.05) is 0 Å². The molecule has 4 nitrogen and oxygen atoms in total. The zero-order valence-corrected chi connectivity index (χ0v) is 14.5. The highest BCUT2D eigenvalue weighted by Gasteiger charge is 2.34. The number of halogens is 3. The van der Waals surface area contributed by atoms with Gasteiger partial charge >= 0.3 is 6.18 Å². The van der Waals surface area contributed by atoms with Gasteiger partial charge in [0.15, 0.2) is 0 Å². The number of hydrogen-bond acceptors (Lipinski definition) is 3. The normalized spacial score (nSPS) is 25.7. The maximum atomic E-state index is 13.0. The number of nitrogens with zero attached hydrogens (tertiary/aromatic N) is 1. The Bertz CT molecular complexity index is 633. The monoisotopic (exact) mass is 355 g/mol. The average Bonchev–Trinajstić information content (AvgIpc) is 2.84. The van der Waals surface area contributed by atoms with E-state index in [0.29, 0.717) is 30.1 Å². The van der Waals surface area contributed by atoms with E-state index in [-0.39, 0.29) is 11.6 Å². The Morgan fingerprint density at radius 2 is 1.88 bits per heavy atom. The van der Waals surface area contributed by atoms with Crippen LogP contribution in [0.4, 0.5) is 24.5 Å². The molecule has 2 aliphatic heterocycles. The quantitative estimate of drug-likeness (QED) is 0.867. The molecule has 0 aromatic heterocycles. The van der Waals surface area contributed by atoms with E-state index in [1.165, 1.54) is 6.07 Å². The molecular weight excluding hydrogens is 331 g/mol. The Kier molecular flexibility index (Phi) is 4.95. The molecule has 7 heteroatoms. The molecule has 3 rings (SSSR count). The van der Waals surface area contributed by atoms with Gasteiger partial charge in [0.1, 0.15) is 0 Å². The van der Waals surface area contributed by atoms with E-state index in [0.717, 1.165) is 37.8 Å².